The van der Waals surface area contributed by atoms with Crippen LogP contribution in [0.3, 0.4) is 0 Å². The van der Waals surface area contributed by atoms with Crippen LogP contribution in [0, 0.1) is 22.7 Å². The quantitative estimate of drug-likeness (QED) is 0.352. The number of aliphatic hydroxyl groups excluding tert-OH is 2. The first kappa shape index (κ1) is 23.5. The molecule has 0 saturated carbocycles. The minimum Gasteiger partial charge on any atom is -0.512 e. The summed E-state index contributed by atoms with van der Waals surface area (Å²) in [5, 5.41) is 34.5. The Morgan fingerprint density at radius 1 is 1.15 bits per heavy atom. The van der Waals surface area contributed by atoms with Gasteiger partial charge in [0.05, 0.1) is 18.2 Å². The van der Waals surface area contributed by atoms with Crippen LogP contribution in [0.1, 0.15) is 19.4 Å². The molecule has 0 amide bonds. The lowest BCUT2D eigenvalue weighted by Gasteiger charge is -2.06. The summed E-state index contributed by atoms with van der Waals surface area (Å²) >= 11 is 0. The van der Waals surface area contributed by atoms with E-state index >= 15 is 0 Å². The third-order valence-corrected chi connectivity index (χ3v) is 2.89. The summed E-state index contributed by atoms with van der Waals surface area (Å²) in [5.74, 6) is -3.63. The summed E-state index contributed by atoms with van der Waals surface area (Å²) in [4.78, 5) is 10.7. The molecule has 9 heteroatoms. The molecule has 6 nitrogen and oxygen atoms in total. The average Bonchev–Trinajstić information content (AvgIpc) is 2.61. The highest BCUT2D eigenvalue weighted by molar-refractivity contribution is 5.93. The molecule has 0 aliphatic heterocycles. The Hall–Kier alpha value is -3.46. The average molecular weight is 382 g/mol. The number of hydrogen-bond donors (Lipinski definition) is 2. The first-order chi connectivity index (χ1) is 12.6. The molecule has 0 spiro atoms. The maximum atomic E-state index is 11.8. The van der Waals surface area contributed by atoms with Crippen molar-refractivity contribution in [2.45, 2.75) is 26.4 Å². The fourth-order valence-electron chi connectivity index (χ4n) is 1.59. The van der Waals surface area contributed by atoms with E-state index < -0.39 is 23.5 Å². The molecule has 0 atom stereocenters. The van der Waals surface area contributed by atoms with Crippen molar-refractivity contribution in [1.82, 2.24) is 0 Å². The van der Waals surface area contributed by atoms with Crippen LogP contribution in [0.25, 0.3) is 0 Å². The predicted octanol–water partition coefficient (Wildman–Crippen LogP) is 4.03. The molecule has 0 aliphatic rings. The Kier molecular flexibility index (Phi) is 9.78. The van der Waals surface area contributed by atoms with Gasteiger partial charge >= 0.3 is 12.1 Å². The SMILES string of the molecule is C/C(O)=C(\C#N)Cc1ccccc1.CCOC(=O)/C(C#N)=C(\O)C(F)(F)F. The smallest absolute Gasteiger partial charge is 0.450 e. The lowest BCUT2D eigenvalue weighted by molar-refractivity contribution is -0.142. The first-order valence-electron chi connectivity index (χ1n) is 7.48. The Morgan fingerprint density at radius 2 is 1.70 bits per heavy atom. The summed E-state index contributed by atoms with van der Waals surface area (Å²) < 4.78 is 39.6. The molecular formula is C18H17F3N2O4. The molecular weight excluding hydrogens is 365 g/mol. The van der Waals surface area contributed by atoms with Gasteiger partial charge in [0.25, 0.3) is 0 Å². The zero-order valence-electron chi connectivity index (χ0n) is 14.5. The molecule has 0 bridgehead atoms. The molecule has 1 aromatic carbocycles. The van der Waals surface area contributed by atoms with E-state index in [0.717, 1.165) is 11.6 Å². The number of allylic oxidation sites excluding steroid dienone is 3. The van der Waals surface area contributed by atoms with E-state index in [0.29, 0.717) is 12.0 Å². The molecule has 0 fully saturated rings. The normalized spacial score (nSPS) is 12.3. The number of halogens is 3. The van der Waals surface area contributed by atoms with Gasteiger partial charge in [-0.05, 0) is 19.4 Å². The fourth-order valence-corrected chi connectivity index (χ4v) is 1.59. The van der Waals surface area contributed by atoms with Gasteiger partial charge in [-0.15, -0.1) is 0 Å². The second kappa shape index (κ2) is 11.2. The number of hydrogen-bond acceptors (Lipinski definition) is 6. The maximum Gasteiger partial charge on any atom is 0.450 e. The van der Waals surface area contributed by atoms with Crippen molar-refractivity contribution in [3.63, 3.8) is 0 Å². The highest BCUT2D eigenvalue weighted by Gasteiger charge is 2.39. The van der Waals surface area contributed by atoms with Crippen LogP contribution in [0.5, 0.6) is 0 Å². The van der Waals surface area contributed by atoms with E-state index in [1.807, 2.05) is 36.4 Å². The Morgan fingerprint density at radius 3 is 2.07 bits per heavy atom. The van der Waals surface area contributed by atoms with Gasteiger partial charge in [0, 0.05) is 6.42 Å². The monoisotopic (exact) mass is 382 g/mol. The van der Waals surface area contributed by atoms with Gasteiger partial charge < -0.3 is 14.9 Å². The summed E-state index contributed by atoms with van der Waals surface area (Å²) in [5.41, 5.74) is 0.0120. The van der Waals surface area contributed by atoms with E-state index in [1.54, 1.807) is 0 Å². The molecule has 1 rings (SSSR count). The molecule has 27 heavy (non-hydrogen) atoms. The number of benzene rings is 1. The zero-order chi connectivity index (χ0) is 21.0. The van der Waals surface area contributed by atoms with Crippen LogP contribution >= 0.6 is 0 Å². The van der Waals surface area contributed by atoms with Crippen LogP contribution in [0.4, 0.5) is 13.2 Å². The van der Waals surface area contributed by atoms with Crippen molar-refractivity contribution < 1.29 is 32.9 Å². The zero-order valence-corrected chi connectivity index (χ0v) is 14.5. The highest BCUT2D eigenvalue weighted by atomic mass is 19.4. The fraction of sp³-hybridized carbons (Fsp3) is 0.278. The van der Waals surface area contributed by atoms with E-state index in [1.165, 1.54) is 13.8 Å². The number of esters is 1. The topological polar surface area (TPSA) is 114 Å². The standard InChI is InChI=1S/C11H11NO.C7H6F3NO3/c1-9(13)11(8-12)7-10-5-3-2-4-6-10;1-2-14-6(13)4(3-11)5(12)7(8,9)10/h2-6,13H,7H2,1H3;12H,2H2,1H3/b11-9+;5-4-. The summed E-state index contributed by atoms with van der Waals surface area (Å²) in [6, 6.07) is 12.5. The van der Waals surface area contributed by atoms with Gasteiger partial charge in [-0.2, -0.15) is 23.7 Å². The largest absolute Gasteiger partial charge is 0.512 e. The molecule has 0 heterocycles. The van der Waals surface area contributed by atoms with Gasteiger partial charge in [-0.1, -0.05) is 30.3 Å². The van der Waals surface area contributed by atoms with E-state index in [-0.39, 0.29) is 12.4 Å². The molecule has 0 unspecified atom stereocenters. The minimum absolute atomic E-state index is 0.103. The number of aliphatic hydroxyl groups is 2. The van der Waals surface area contributed by atoms with Gasteiger partial charge in [0.1, 0.15) is 11.8 Å². The maximum absolute atomic E-state index is 11.8. The van der Waals surface area contributed by atoms with Gasteiger partial charge in [0.2, 0.25) is 5.76 Å². The van der Waals surface area contributed by atoms with E-state index in [4.69, 9.17) is 20.7 Å². The van der Waals surface area contributed by atoms with Crippen LogP contribution in [-0.4, -0.2) is 29.0 Å². The number of ether oxygens (including phenoxy) is 1. The van der Waals surface area contributed by atoms with Crippen molar-refractivity contribution in [3.8, 4) is 12.1 Å². The summed E-state index contributed by atoms with van der Waals surface area (Å²) in [6.45, 7) is 2.70. The van der Waals surface area contributed by atoms with Gasteiger partial charge in [-0.25, -0.2) is 4.79 Å². The molecule has 0 aromatic heterocycles. The van der Waals surface area contributed by atoms with Crippen LogP contribution in [0.2, 0.25) is 0 Å². The van der Waals surface area contributed by atoms with Gasteiger partial charge in [0.15, 0.2) is 5.57 Å². The third kappa shape index (κ3) is 8.45. The van der Waals surface area contributed by atoms with Crippen molar-refractivity contribution >= 4 is 5.97 Å². The van der Waals surface area contributed by atoms with E-state index in [2.05, 4.69) is 4.74 Å². The molecule has 1 aromatic rings. The second-order valence-corrected chi connectivity index (χ2v) is 4.89. The minimum atomic E-state index is -5.13. The number of nitriles is 2. The Labute approximate surface area is 154 Å². The van der Waals surface area contributed by atoms with Crippen LogP contribution < -0.4 is 0 Å². The summed E-state index contributed by atoms with van der Waals surface area (Å²) in [6.07, 6.45) is -4.63. The first-order valence-corrected chi connectivity index (χ1v) is 7.48. The van der Waals surface area contributed by atoms with Crippen molar-refractivity contribution in [3.05, 3.63) is 58.6 Å². The molecule has 0 saturated heterocycles. The number of nitrogens with zero attached hydrogens (tertiary/aromatic N) is 2. The number of rotatable bonds is 4. The predicted molar refractivity (Wildman–Crippen MR) is 89.0 cm³/mol. The number of alkyl halides is 3. The van der Waals surface area contributed by atoms with Crippen LogP contribution in [0.15, 0.2) is 53.0 Å². The summed E-state index contributed by atoms with van der Waals surface area (Å²) in [7, 11) is 0. The molecule has 0 aliphatic carbocycles. The lowest BCUT2D eigenvalue weighted by atomic mass is 10.1. The number of carbonyl (C=O) groups excluding carboxylic acids is 1. The molecule has 144 valence electrons. The van der Waals surface area contributed by atoms with Crippen molar-refractivity contribution in [2.24, 2.45) is 0 Å². The van der Waals surface area contributed by atoms with Crippen molar-refractivity contribution in [2.75, 3.05) is 6.61 Å². The number of carbonyl (C=O) groups is 1. The molecule has 0 radical (unpaired) electrons. The molecule has 2 N–H and O–H groups in total. The lowest BCUT2D eigenvalue weighted by Crippen LogP contribution is -2.18. The van der Waals surface area contributed by atoms with Crippen molar-refractivity contribution in [1.29, 1.82) is 10.5 Å². The van der Waals surface area contributed by atoms with E-state index in [9.17, 15) is 18.0 Å². The van der Waals surface area contributed by atoms with Gasteiger partial charge in [-0.3, -0.25) is 0 Å². The Balaban J connectivity index is 0.000000501. The van der Waals surface area contributed by atoms with Crippen LogP contribution in [-0.2, 0) is 16.0 Å². The Bertz CT molecular complexity index is 782. The highest BCUT2D eigenvalue weighted by Crippen LogP contribution is 2.26. The second-order valence-electron chi connectivity index (χ2n) is 4.89. The third-order valence-electron chi connectivity index (χ3n) is 2.89.